The lowest BCUT2D eigenvalue weighted by Crippen LogP contribution is -2.11. The van der Waals surface area contributed by atoms with Crippen LogP contribution in [0, 0.1) is 13.8 Å². The van der Waals surface area contributed by atoms with Crippen molar-refractivity contribution in [3.05, 3.63) is 51.8 Å². The molecule has 2 rings (SSSR count). The first kappa shape index (κ1) is 13.1. The highest BCUT2D eigenvalue weighted by Crippen LogP contribution is 2.17. The molecule has 2 N–H and O–H groups in total. The van der Waals surface area contributed by atoms with Crippen LogP contribution in [0.25, 0.3) is 0 Å². The van der Waals surface area contributed by atoms with E-state index in [-0.39, 0.29) is 0 Å². The van der Waals surface area contributed by atoms with Gasteiger partial charge in [0, 0.05) is 5.56 Å². The van der Waals surface area contributed by atoms with E-state index in [0.717, 1.165) is 16.8 Å². The third-order valence-corrected chi connectivity index (χ3v) is 3.60. The van der Waals surface area contributed by atoms with Gasteiger partial charge in [0.15, 0.2) is 0 Å². The van der Waals surface area contributed by atoms with Gasteiger partial charge in [0.05, 0.1) is 23.5 Å². The molecule has 0 atom stereocenters. The summed E-state index contributed by atoms with van der Waals surface area (Å²) in [5, 5.41) is 4.93. The molecule has 0 saturated heterocycles. The second kappa shape index (κ2) is 5.08. The van der Waals surface area contributed by atoms with Crippen molar-refractivity contribution in [1.29, 1.82) is 0 Å². The van der Waals surface area contributed by atoms with Crippen LogP contribution in [-0.4, -0.2) is 14.8 Å². The van der Waals surface area contributed by atoms with Crippen LogP contribution >= 0.6 is 23.8 Å². The lowest BCUT2D eigenvalue weighted by atomic mass is 10.1. The Hall–Kier alpha value is -1.39. The van der Waals surface area contributed by atoms with Crippen molar-refractivity contribution in [2.75, 3.05) is 0 Å². The normalized spacial score (nSPS) is 10.6. The number of hydrogen-bond donors (Lipinski definition) is 1. The van der Waals surface area contributed by atoms with E-state index >= 15 is 0 Å². The minimum Gasteiger partial charge on any atom is -0.389 e. The van der Waals surface area contributed by atoms with Crippen molar-refractivity contribution in [2.24, 2.45) is 5.73 Å². The first-order valence-corrected chi connectivity index (χ1v) is 6.35. The average Bonchev–Trinajstić information content (AvgIpc) is 2.63. The summed E-state index contributed by atoms with van der Waals surface area (Å²) in [6, 6.07) is 5.96. The van der Waals surface area contributed by atoms with Crippen LogP contribution in [0.2, 0.25) is 5.02 Å². The molecule has 1 heterocycles. The topological polar surface area (TPSA) is 43.8 Å². The van der Waals surface area contributed by atoms with Gasteiger partial charge in [0.1, 0.15) is 4.99 Å². The Morgan fingerprint density at radius 1 is 1.44 bits per heavy atom. The van der Waals surface area contributed by atoms with E-state index in [1.54, 1.807) is 6.20 Å². The zero-order valence-electron chi connectivity index (χ0n) is 10.3. The van der Waals surface area contributed by atoms with Crippen molar-refractivity contribution < 1.29 is 0 Å². The number of aromatic nitrogens is 2. The Bertz CT molecular complexity index is 604. The van der Waals surface area contributed by atoms with Gasteiger partial charge in [0.25, 0.3) is 0 Å². The molecule has 5 heteroatoms. The van der Waals surface area contributed by atoms with E-state index in [1.807, 2.05) is 36.7 Å². The number of aryl methyl sites for hydroxylation is 1. The number of rotatable bonds is 3. The van der Waals surface area contributed by atoms with E-state index in [0.29, 0.717) is 16.6 Å². The predicted molar refractivity (Wildman–Crippen MR) is 78.1 cm³/mol. The van der Waals surface area contributed by atoms with Gasteiger partial charge in [-0.2, -0.15) is 5.10 Å². The van der Waals surface area contributed by atoms with Crippen molar-refractivity contribution in [3.8, 4) is 0 Å². The second-order valence-corrected chi connectivity index (χ2v) is 5.09. The second-order valence-electron chi connectivity index (χ2n) is 4.24. The molecule has 0 saturated carbocycles. The largest absolute Gasteiger partial charge is 0.389 e. The van der Waals surface area contributed by atoms with Gasteiger partial charge < -0.3 is 5.73 Å². The summed E-state index contributed by atoms with van der Waals surface area (Å²) >= 11 is 10.9. The number of thiocarbonyl (C=S) groups is 1. The molecule has 0 aliphatic heterocycles. The van der Waals surface area contributed by atoms with Gasteiger partial charge in [-0.3, -0.25) is 4.68 Å². The molecule has 0 aliphatic rings. The lowest BCUT2D eigenvalue weighted by molar-refractivity contribution is 0.662. The third kappa shape index (κ3) is 2.54. The average molecular weight is 280 g/mol. The highest BCUT2D eigenvalue weighted by atomic mass is 35.5. The Morgan fingerprint density at radius 2 is 2.17 bits per heavy atom. The van der Waals surface area contributed by atoms with E-state index in [4.69, 9.17) is 29.6 Å². The van der Waals surface area contributed by atoms with Crippen LogP contribution in [0.3, 0.4) is 0 Å². The van der Waals surface area contributed by atoms with Crippen LogP contribution in [0.15, 0.2) is 24.4 Å². The molecule has 0 unspecified atom stereocenters. The molecule has 94 valence electrons. The summed E-state index contributed by atoms with van der Waals surface area (Å²) in [4.78, 5) is 0.419. The lowest BCUT2D eigenvalue weighted by Gasteiger charge is -2.09. The summed E-state index contributed by atoms with van der Waals surface area (Å²) in [7, 11) is 0. The highest BCUT2D eigenvalue weighted by Gasteiger charge is 2.07. The Morgan fingerprint density at radius 3 is 2.67 bits per heavy atom. The maximum absolute atomic E-state index is 5.99. The third-order valence-electron chi connectivity index (χ3n) is 2.99. The monoisotopic (exact) mass is 279 g/mol. The van der Waals surface area contributed by atoms with Crippen LogP contribution in [0.5, 0.6) is 0 Å². The molecular weight excluding hydrogens is 266 g/mol. The predicted octanol–water partition coefficient (Wildman–Crippen LogP) is 2.84. The van der Waals surface area contributed by atoms with Gasteiger partial charge in [-0.1, -0.05) is 36.0 Å². The zero-order chi connectivity index (χ0) is 13.3. The van der Waals surface area contributed by atoms with Crippen LogP contribution in [0.1, 0.15) is 22.4 Å². The summed E-state index contributed by atoms with van der Waals surface area (Å²) in [5.74, 6) is 0. The summed E-state index contributed by atoms with van der Waals surface area (Å²) in [6.07, 6.45) is 1.66. The standard InChI is InChI=1S/C13H14ClN3S/c1-8-5-10(13(15)18)3-4-11(8)7-17-9(2)12(14)6-16-17/h3-6H,7H2,1-2H3,(H2,15,18). The molecule has 0 aliphatic carbocycles. The van der Waals surface area contributed by atoms with Crippen molar-refractivity contribution in [1.82, 2.24) is 9.78 Å². The molecule has 2 aromatic rings. The highest BCUT2D eigenvalue weighted by molar-refractivity contribution is 7.80. The molecule has 0 fully saturated rings. The quantitative estimate of drug-likeness (QED) is 0.879. The zero-order valence-corrected chi connectivity index (χ0v) is 11.8. The van der Waals surface area contributed by atoms with Gasteiger partial charge in [-0.25, -0.2) is 0 Å². The summed E-state index contributed by atoms with van der Waals surface area (Å²) < 4.78 is 1.88. The minimum absolute atomic E-state index is 0.419. The SMILES string of the molecule is Cc1cc(C(N)=S)ccc1Cn1ncc(Cl)c1C. The van der Waals surface area contributed by atoms with Gasteiger partial charge in [-0.05, 0) is 31.0 Å². The fraction of sp³-hybridized carbons (Fsp3) is 0.231. The van der Waals surface area contributed by atoms with Crippen LogP contribution in [-0.2, 0) is 6.54 Å². The number of halogens is 1. The summed E-state index contributed by atoms with van der Waals surface area (Å²) in [5.41, 5.74) is 9.79. The van der Waals surface area contributed by atoms with Gasteiger partial charge >= 0.3 is 0 Å². The molecule has 0 radical (unpaired) electrons. The Labute approximate surface area is 117 Å². The summed E-state index contributed by atoms with van der Waals surface area (Å²) in [6.45, 7) is 4.69. The number of hydrogen-bond acceptors (Lipinski definition) is 2. The van der Waals surface area contributed by atoms with Crippen molar-refractivity contribution >= 4 is 28.8 Å². The first-order valence-electron chi connectivity index (χ1n) is 5.56. The minimum atomic E-state index is 0.419. The molecule has 0 spiro atoms. The maximum atomic E-state index is 5.99. The van der Waals surface area contributed by atoms with Crippen molar-refractivity contribution in [3.63, 3.8) is 0 Å². The van der Waals surface area contributed by atoms with Gasteiger partial charge in [0.2, 0.25) is 0 Å². The number of benzene rings is 1. The molecule has 1 aromatic carbocycles. The maximum Gasteiger partial charge on any atom is 0.103 e. The first-order chi connectivity index (χ1) is 8.49. The number of nitrogens with zero attached hydrogens (tertiary/aromatic N) is 2. The molecule has 0 amide bonds. The fourth-order valence-electron chi connectivity index (χ4n) is 1.77. The smallest absolute Gasteiger partial charge is 0.103 e. The molecule has 3 nitrogen and oxygen atoms in total. The van der Waals surface area contributed by atoms with Crippen LogP contribution < -0.4 is 5.73 Å². The molecular formula is C13H14ClN3S. The molecule has 0 bridgehead atoms. The molecule has 18 heavy (non-hydrogen) atoms. The van der Waals surface area contributed by atoms with E-state index < -0.39 is 0 Å². The van der Waals surface area contributed by atoms with E-state index in [9.17, 15) is 0 Å². The fourth-order valence-corrected chi connectivity index (χ4v) is 2.04. The Kier molecular flexibility index (Phi) is 3.68. The van der Waals surface area contributed by atoms with E-state index in [1.165, 1.54) is 5.56 Å². The van der Waals surface area contributed by atoms with Crippen molar-refractivity contribution in [2.45, 2.75) is 20.4 Å². The Balaban J connectivity index is 2.30. The van der Waals surface area contributed by atoms with E-state index in [2.05, 4.69) is 5.10 Å². The molecule has 1 aromatic heterocycles. The number of nitrogens with two attached hydrogens (primary N) is 1. The van der Waals surface area contributed by atoms with Crippen LogP contribution in [0.4, 0.5) is 0 Å². The van der Waals surface area contributed by atoms with Gasteiger partial charge in [-0.15, -0.1) is 0 Å².